The Bertz CT molecular complexity index is 1450. The van der Waals surface area contributed by atoms with Crippen molar-refractivity contribution in [3.63, 3.8) is 0 Å². The van der Waals surface area contributed by atoms with Crippen LogP contribution >= 0.6 is 27.5 Å². The molecule has 0 fully saturated rings. The number of halogens is 2. The van der Waals surface area contributed by atoms with Crippen LogP contribution in [0.25, 0.3) is 0 Å². The Morgan fingerprint density at radius 2 is 1.67 bits per heavy atom. The van der Waals surface area contributed by atoms with E-state index in [4.69, 9.17) is 11.6 Å². The van der Waals surface area contributed by atoms with Crippen molar-refractivity contribution in [3.05, 3.63) is 99.0 Å². The van der Waals surface area contributed by atoms with Gasteiger partial charge in [0.15, 0.2) is 0 Å². The molecule has 0 aliphatic rings. The van der Waals surface area contributed by atoms with E-state index in [-0.39, 0.29) is 37.7 Å². The minimum Gasteiger partial charge on any atom is -0.354 e. The molecule has 0 unspecified atom stereocenters. The van der Waals surface area contributed by atoms with Crippen molar-refractivity contribution in [2.45, 2.75) is 58.5 Å². The van der Waals surface area contributed by atoms with Crippen molar-refractivity contribution < 1.29 is 18.0 Å². The van der Waals surface area contributed by atoms with Gasteiger partial charge < -0.3 is 10.2 Å². The Kier molecular flexibility index (Phi) is 12.9. The summed E-state index contributed by atoms with van der Waals surface area (Å²) >= 11 is 9.78. The van der Waals surface area contributed by atoms with Gasteiger partial charge in [0.05, 0.1) is 11.9 Å². The highest BCUT2D eigenvalue weighted by molar-refractivity contribution is 9.10. The fourth-order valence-electron chi connectivity index (χ4n) is 4.74. The molecule has 0 aromatic heterocycles. The van der Waals surface area contributed by atoms with E-state index in [0.717, 1.165) is 34.7 Å². The van der Waals surface area contributed by atoms with Gasteiger partial charge in [-0.25, -0.2) is 8.42 Å². The van der Waals surface area contributed by atoms with E-state index in [1.165, 1.54) is 4.31 Å². The Hall–Kier alpha value is -2.88. The molecular formula is C32H39BrClN3O4S. The van der Waals surface area contributed by atoms with E-state index in [1.807, 2.05) is 54.6 Å². The molecular weight excluding hydrogens is 638 g/mol. The van der Waals surface area contributed by atoms with Gasteiger partial charge in [0.2, 0.25) is 21.8 Å². The lowest BCUT2D eigenvalue weighted by molar-refractivity contribution is -0.141. The van der Waals surface area contributed by atoms with E-state index in [1.54, 1.807) is 30.0 Å². The second-order valence-corrected chi connectivity index (χ2v) is 13.6. The standard InChI is InChI=1S/C32H39BrClN3O4S/c1-4-5-19-35-32(39)30(22-25-12-7-6-8-13-25)36(23-26-14-9-15-27(33)21-26)31(38)18-11-20-37(42(3,40)41)29-17-10-16-28(34)24(29)2/h6-10,12-17,21,30H,4-5,11,18-20,22-23H2,1-3H3,(H,35,39)/t30-/m0/s1. The lowest BCUT2D eigenvalue weighted by Crippen LogP contribution is -2.50. The maximum atomic E-state index is 13.9. The summed E-state index contributed by atoms with van der Waals surface area (Å²) in [6.07, 6.45) is 3.61. The summed E-state index contributed by atoms with van der Waals surface area (Å²) in [7, 11) is -3.63. The molecule has 7 nitrogen and oxygen atoms in total. The first-order valence-electron chi connectivity index (χ1n) is 14.1. The molecule has 226 valence electrons. The van der Waals surface area contributed by atoms with E-state index >= 15 is 0 Å². The Morgan fingerprint density at radius 3 is 2.33 bits per heavy atom. The Labute approximate surface area is 263 Å². The number of anilines is 1. The Morgan fingerprint density at radius 1 is 0.976 bits per heavy atom. The van der Waals surface area contributed by atoms with Crippen LogP contribution in [0.15, 0.2) is 77.3 Å². The number of rotatable bonds is 15. The van der Waals surface area contributed by atoms with Crippen molar-refractivity contribution in [3.8, 4) is 0 Å². The van der Waals surface area contributed by atoms with Gasteiger partial charge in [-0.15, -0.1) is 0 Å². The van der Waals surface area contributed by atoms with Gasteiger partial charge in [-0.3, -0.25) is 13.9 Å². The van der Waals surface area contributed by atoms with Crippen LogP contribution in [0, 0.1) is 6.92 Å². The fourth-order valence-corrected chi connectivity index (χ4v) is 6.37. The third-order valence-electron chi connectivity index (χ3n) is 7.00. The number of hydrogen-bond donors (Lipinski definition) is 1. The molecule has 42 heavy (non-hydrogen) atoms. The van der Waals surface area contributed by atoms with Gasteiger partial charge in [-0.2, -0.15) is 0 Å². The molecule has 1 N–H and O–H groups in total. The molecule has 0 heterocycles. The average Bonchev–Trinajstić information content (AvgIpc) is 2.94. The van der Waals surface area contributed by atoms with Crippen LogP contribution in [0.2, 0.25) is 5.02 Å². The van der Waals surface area contributed by atoms with Crippen LogP contribution in [-0.2, 0) is 32.6 Å². The smallest absolute Gasteiger partial charge is 0.243 e. The summed E-state index contributed by atoms with van der Waals surface area (Å²) < 4.78 is 27.6. The van der Waals surface area contributed by atoms with Crippen LogP contribution in [-0.4, -0.2) is 50.5 Å². The highest BCUT2D eigenvalue weighted by Gasteiger charge is 2.30. The number of benzene rings is 3. The molecule has 0 spiro atoms. The first-order valence-corrected chi connectivity index (χ1v) is 17.1. The van der Waals surface area contributed by atoms with Crippen molar-refractivity contribution >= 4 is 55.1 Å². The van der Waals surface area contributed by atoms with E-state index in [0.29, 0.717) is 29.2 Å². The maximum Gasteiger partial charge on any atom is 0.243 e. The van der Waals surface area contributed by atoms with Crippen molar-refractivity contribution in [1.29, 1.82) is 0 Å². The molecule has 0 saturated heterocycles. The molecule has 0 aliphatic heterocycles. The summed E-state index contributed by atoms with van der Waals surface area (Å²) in [6.45, 7) is 4.69. The summed E-state index contributed by atoms with van der Waals surface area (Å²) in [5.74, 6) is -0.430. The van der Waals surface area contributed by atoms with Gasteiger partial charge in [-0.05, 0) is 60.7 Å². The van der Waals surface area contributed by atoms with Crippen LogP contribution in [0.5, 0.6) is 0 Å². The largest absolute Gasteiger partial charge is 0.354 e. The molecule has 2 amide bonds. The molecule has 3 aromatic carbocycles. The number of sulfonamides is 1. The van der Waals surface area contributed by atoms with Gasteiger partial charge in [0.25, 0.3) is 0 Å². The molecule has 0 bridgehead atoms. The lowest BCUT2D eigenvalue weighted by Gasteiger charge is -2.32. The normalized spacial score (nSPS) is 12.0. The quantitative estimate of drug-likeness (QED) is 0.186. The number of nitrogens with zero attached hydrogens (tertiary/aromatic N) is 2. The molecule has 0 aliphatic carbocycles. The van der Waals surface area contributed by atoms with Crippen molar-refractivity contribution in [1.82, 2.24) is 10.2 Å². The van der Waals surface area contributed by atoms with Gasteiger partial charge in [0, 0.05) is 42.0 Å². The SMILES string of the molecule is CCCCNC(=O)[C@H](Cc1ccccc1)N(Cc1cccc(Br)c1)C(=O)CCCN(c1cccc(Cl)c1C)S(C)(=O)=O. The first-order chi connectivity index (χ1) is 20.0. The number of unbranched alkanes of at least 4 members (excludes halogenated alkanes) is 1. The van der Waals surface area contributed by atoms with E-state index < -0.39 is 16.1 Å². The summed E-state index contributed by atoms with van der Waals surface area (Å²) in [5, 5.41) is 3.49. The third kappa shape index (κ3) is 9.85. The van der Waals surface area contributed by atoms with Crippen LogP contribution in [0.1, 0.15) is 49.3 Å². The summed E-state index contributed by atoms with van der Waals surface area (Å²) in [6, 6.07) is 21.7. The van der Waals surface area contributed by atoms with E-state index in [2.05, 4.69) is 28.2 Å². The summed E-state index contributed by atoms with van der Waals surface area (Å²) in [4.78, 5) is 29.1. The van der Waals surface area contributed by atoms with Crippen molar-refractivity contribution in [2.75, 3.05) is 23.7 Å². The molecule has 0 saturated carbocycles. The topological polar surface area (TPSA) is 86.8 Å². The molecule has 3 rings (SSSR count). The van der Waals surface area contributed by atoms with Gasteiger partial charge in [0.1, 0.15) is 6.04 Å². The highest BCUT2D eigenvalue weighted by Crippen LogP contribution is 2.28. The second kappa shape index (κ2) is 16.1. The minimum absolute atomic E-state index is 0.0627. The first kappa shape index (κ1) is 33.6. The fraction of sp³-hybridized carbons (Fsp3) is 0.375. The monoisotopic (exact) mass is 675 g/mol. The highest BCUT2D eigenvalue weighted by atomic mass is 79.9. The zero-order chi connectivity index (χ0) is 30.7. The number of carbonyl (C=O) groups excluding carboxylic acids is 2. The van der Waals surface area contributed by atoms with Crippen molar-refractivity contribution in [2.24, 2.45) is 0 Å². The van der Waals surface area contributed by atoms with Gasteiger partial charge in [-0.1, -0.05) is 89.4 Å². The average molecular weight is 677 g/mol. The zero-order valence-corrected chi connectivity index (χ0v) is 27.5. The van der Waals surface area contributed by atoms with Crippen LogP contribution in [0.3, 0.4) is 0 Å². The lowest BCUT2D eigenvalue weighted by atomic mass is 10.0. The maximum absolute atomic E-state index is 13.9. The summed E-state index contributed by atoms with van der Waals surface area (Å²) in [5.41, 5.74) is 2.96. The van der Waals surface area contributed by atoms with Gasteiger partial charge >= 0.3 is 0 Å². The third-order valence-corrected chi connectivity index (χ3v) is 9.09. The Balaban J connectivity index is 1.89. The van der Waals surface area contributed by atoms with E-state index in [9.17, 15) is 18.0 Å². The predicted octanol–water partition coefficient (Wildman–Crippen LogP) is 6.51. The number of nitrogens with one attached hydrogen (secondary N) is 1. The number of amides is 2. The minimum atomic E-state index is -3.63. The number of hydrogen-bond acceptors (Lipinski definition) is 4. The molecule has 0 radical (unpaired) electrons. The number of carbonyl (C=O) groups is 2. The van der Waals surface area contributed by atoms with Crippen LogP contribution < -0.4 is 9.62 Å². The van der Waals surface area contributed by atoms with Crippen LogP contribution in [0.4, 0.5) is 5.69 Å². The zero-order valence-electron chi connectivity index (χ0n) is 24.4. The molecule has 3 aromatic rings. The second-order valence-electron chi connectivity index (χ2n) is 10.3. The molecule has 10 heteroatoms. The molecule has 1 atom stereocenters. The predicted molar refractivity (Wildman–Crippen MR) is 174 cm³/mol.